The first-order chi connectivity index (χ1) is 11.4. The van der Waals surface area contributed by atoms with Crippen molar-refractivity contribution < 1.29 is 19.1 Å². The van der Waals surface area contributed by atoms with Gasteiger partial charge in [-0.2, -0.15) is 0 Å². The van der Waals surface area contributed by atoms with Crippen molar-refractivity contribution in [3.63, 3.8) is 0 Å². The lowest BCUT2D eigenvalue weighted by Gasteiger charge is -2.17. The molecule has 130 valence electrons. The molecule has 1 aromatic carbocycles. The second kappa shape index (κ2) is 7.95. The minimum Gasteiger partial charge on any atom is -0.452 e. The molecule has 1 N–H and O–H groups in total. The Morgan fingerprint density at radius 1 is 1.21 bits per heavy atom. The van der Waals surface area contributed by atoms with Crippen molar-refractivity contribution >= 4 is 23.5 Å². The molecular weight excluding hydrogens is 308 g/mol. The van der Waals surface area contributed by atoms with Crippen LogP contribution in [0.15, 0.2) is 24.3 Å². The van der Waals surface area contributed by atoms with Gasteiger partial charge in [-0.25, -0.2) is 4.79 Å². The highest BCUT2D eigenvalue weighted by Crippen LogP contribution is 2.21. The van der Waals surface area contributed by atoms with Gasteiger partial charge < -0.3 is 15.0 Å². The molecule has 0 aliphatic carbocycles. The molecule has 1 aliphatic rings. The monoisotopic (exact) mass is 332 g/mol. The van der Waals surface area contributed by atoms with E-state index < -0.39 is 5.97 Å². The van der Waals surface area contributed by atoms with Crippen molar-refractivity contribution in [1.29, 1.82) is 0 Å². The van der Waals surface area contributed by atoms with Gasteiger partial charge in [-0.3, -0.25) is 9.59 Å². The molecule has 0 radical (unpaired) electrons. The summed E-state index contributed by atoms with van der Waals surface area (Å²) in [5.41, 5.74) is 1.13. The first-order valence-corrected chi connectivity index (χ1v) is 8.25. The lowest BCUT2D eigenvalue weighted by molar-refractivity contribution is -0.125. The van der Waals surface area contributed by atoms with Gasteiger partial charge in [0, 0.05) is 24.7 Å². The summed E-state index contributed by atoms with van der Waals surface area (Å²) in [6.45, 7) is 6.31. The number of carbonyl (C=O) groups excluding carboxylic acids is 3. The van der Waals surface area contributed by atoms with E-state index in [0.29, 0.717) is 24.4 Å². The normalized spacial score (nSPS) is 15.5. The van der Waals surface area contributed by atoms with E-state index in [1.165, 1.54) is 0 Å². The van der Waals surface area contributed by atoms with Crippen LogP contribution in [-0.2, 0) is 14.3 Å². The molecule has 1 saturated heterocycles. The van der Waals surface area contributed by atoms with Crippen LogP contribution in [0.2, 0.25) is 0 Å². The molecule has 6 nitrogen and oxygen atoms in total. The van der Waals surface area contributed by atoms with E-state index in [1.54, 1.807) is 29.2 Å². The molecule has 0 saturated carbocycles. The molecular formula is C18H24N2O4. The highest BCUT2D eigenvalue weighted by molar-refractivity contribution is 5.96. The van der Waals surface area contributed by atoms with E-state index in [9.17, 15) is 14.4 Å². The lowest BCUT2D eigenvalue weighted by Crippen LogP contribution is -2.38. The molecule has 1 aliphatic heterocycles. The zero-order valence-electron chi connectivity index (χ0n) is 14.4. The third kappa shape index (κ3) is 4.57. The Hall–Kier alpha value is -2.37. The molecule has 24 heavy (non-hydrogen) atoms. The summed E-state index contributed by atoms with van der Waals surface area (Å²) in [7, 11) is 0. The van der Waals surface area contributed by atoms with Gasteiger partial charge in [0.25, 0.3) is 5.91 Å². The van der Waals surface area contributed by atoms with Gasteiger partial charge >= 0.3 is 5.97 Å². The van der Waals surface area contributed by atoms with Gasteiger partial charge in [-0.05, 0) is 43.5 Å². The molecule has 0 aromatic heterocycles. The Morgan fingerprint density at radius 3 is 2.42 bits per heavy atom. The molecule has 1 heterocycles. The van der Waals surface area contributed by atoms with E-state index in [0.717, 1.165) is 12.1 Å². The predicted molar refractivity (Wildman–Crippen MR) is 90.8 cm³/mol. The number of hydrogen-bond donors (Lipinski definition) is 1. The third-order valence-corrected chi connectivity index (χ3v) is 4.21. The summed E-state index contributed by atoms with van der Waals surface area (Å²) < 4.78 is 5.03. The van der Waals surface area contributed by atoms with Gasteiger partial charge in [0.15, 0.2) is 6.61 Å². The zero-order valence-corrected chi connectivity index (χ0v) is 14.4. The highest BCUT2D eigenvalue weighted by atomic mass is 16.5. The second-order valence-electron chi connectivity index (χ2n) is 6.37. The van der Waals surface area contributed by atoms with Crippen LogP contribution in [0.4, 0.5) is 5.69 Å². The van der Waals surface area contributed by atoms with Crippen LogP contribution in [0.5, 0.6) is 0 Å². The zero-order chi connectivity index (χ0) is 17.7. The number of hydrogen-bond acceptors (Lipinski definition) is 4. The van der Waals surface area contributed by atoms with Gasteiger partial charge in [-0.1, -0.05) is 13.8 Å². The summed E-state index contributed by atoms with van der Waals surface area (Å²) in [5, 5.41) is 2.78. The number of amides is 2. The maximum absolute atomic E-state index is 12.0. The van der Waals surface area contributed by atoms with E-state index in [2.05, 4.69) is 5.32 Å². The maximum Gasteiger partial charge on any atom is 0.338 e. The van der Waals surface area contributed by atoms with Gasteiger partial charge in [0.05, 0.1) is 5.56 Å². The first-order valence-electron chi connectivity index (χ1n) is 8.25. The maximum atomic E-state index is 12.0. The topological polar surface area (TPSA) is 75.7 Å². The van der Waals surface area contributed by atoms with Crippen LogP contribution in [0, 0.1) is 5.92 Å². The van der Waals surface area contributed by atoms with Crippen molar-refractivity contribution in [1.82, 2.24) is 5.32 Å². The van der Waals surface area contributed by atoms with Gasteiger partial charge in [-0.15, -0.1) is 0 Å². The molecule has 1 atom stereocenters. The van der Waals surface area contributed by atoms with Crippen LogP contribution in [0.1, 0.15) is 44.0 Å². The standard InChI is InChI=1S/C18H24N2O4/c1-12(2)13(3)19-16(21)11-24-18(23)14-6-8-15(9-7-14)20-10-4-5-17(20)22/h6-9,12-13H,4-5,10-11H2,1-3H3,(H,19,21)/t13-/m0/s1. The van der Waals surface area contributed by atoms with Crippen molar-refractivity contribution in [2.45, 2.75) is 39.7 Å². The molecule has 0 unspecified atom stereocenters. The summed E-state index contributed by atoms with van der Waals surface area (Å²) in [6.07, 6.45) is 1.42. The quantitative estimate of drug-likeness (QED) is 0.810. The van der Waals surface area contributed by atoms with Crippen LogP contribution in [-0.4, -0.2) is 37.0 Å². The molecule has 0 bridgehead atoms. The number of carbonyl (C=O) groups is 3. The number of benzene rings is 1. The summed E-state index contributed by atoms with van der Waals surface area (Å²) in [4.78, 5) is 37.1. The van der Waals surface area contributed by atoms with Gasteiger partial charge in [0.1, 0.15) is 0 Å². The van der Waals surface area contributed by atoms with E-state index in [-0.39, 0.29) is 24.5 Å². The van der Waals surface area contributed by atoms with Crippen molar-refractivity contribution in [2.24, 2.45) is 5.92 Å². The van der Waals surface area contributed by atoms with Crippen LogP contribution < -0.4 is 10.2 Å². The Kier molecular flexibility index (Phi) is 5.95. The number of nitrogens with one attached hydrogen (secondary N) is 1. The fourth-order valence-electron chi connectivity index (χ4n) is 2.38. The number of ether oxygens (including phenoxy) is 1. The van der Waals surface area contributed by atoms with Crippen LogP contribution >= 0.6 is 0 Å². The van der Waals surface area contributed by atoms with Crippen molar-refractivity contribution in [2.75, 3.05) is 18.1 Å². The average Bonchev–Trinajstić information content (AvgIpc) is 2.98. The fourth-order valence-corrected chi connectivity index (χ4v) is 2.38. The molecule has 2 rings (SSSR count). The highest BCUT2D eigenvalue weighted by Gasteiger charge is 2.22. The summed E-state index contributed by atoms with van der Waals surface area (Å²) in [5.74, 6) is -0.461. The molecule has 1 fully saturated rings. The van der Waals surface area contributed by atoms with E-state index >= 15 is 0 Å². The predicted octanol–water partition coefficient (Wildman–Crippen LogP) is 2.13. The molecule has 6 heteroatoms. The van der Waals surface area contributed by atoms with E-state index in [1.807, 2.05) is 20.8 Å². The molecule has 1 aromatic rings. The fraction of sp³-hybridized carbons (Fsp3) is 0.500. The largest absolute Gasteiger partial charge is 0.452 e. The number of esters is 1. The number of rotatable bonds is 6. The van der Waals surface area contributed by atoms with Crippen molar-refractivity contribution in [3.05, 3.63) is 29.8 Å². The molecule has 2 amide bonds. The second-order valence-corrected chi connectivity index (χ2v) is 6.37. The SMILES string of the molecule is CC(C)[C@H](C)NC(=O)COC(=O)c1ccc(N2CCCC2=O)cc1. The molecule has 0 spiro atoms. The first kappa shape index (κ1) is 18.0. The Bertz CT molecular complexity index is 610. The minimum absolute atomic E-state index is 0.0217. The third-order valence-electron chi connectivity index (χ3n) is 4.21. The van der Waals surface area contributed by atoms with Gasteiger partial charge in [0.2, 0.25) is 5.91 Å². The Morgan fingerprint density at radius 2 is 1.88 bits per heavy atom. The lowest BCUT2D eigenvalue weighted by atomic mass is 10.1. The van der Waals surface area contributed by atoms with Crippen molar-refractivity contribution in [3.8, 4) is 0 Å². The Labute approximate surface area is 142 Å². The summed E-state index contributed by atoms with van der Waals surface area (Å²) >= 11 is 0. The number of nitrogens with zero attached hydrogens (tertiary/aromatic N) is 1. The summed E-state index contributed by atoms with van der Waals surface area (Å²) in [6, 6.07) is 6.69. The smallest absolute Gasteiger partial charge is 0.338 e. The average molecular weight is 332 g/mol. The van der Waals surface area contributed by atoms with Crippen LogP contribution in [0.25, 0.3) is 0 Å². The van der Waals surface area contributed by atoms with E-state index in [4.69, 9.17) is 4.74 Å². The number of anilines is 1. The van der Waals surface area contributed by atoms with Crippen LogP contribution in [0.3, 0.4) is 0 Å². The Balaban J connectivity index is 1.86. The minimum atomic E-state index is -0.554.